The van der Waals surface area contributed by atoms with Gasteiger partial charge in [0.1, 0.15) is 5.82 Å². The Hall–Kier alpha value is -2.32. The van der Waals surface area contributed by atoms with Gasteiger partial charge in [-0.15, -0.1) is 0 Å². The van der Waals surface area contributed by atoms with Gasteiger partial charge in [-0.3, -0.25) is 0 Å². The zero-order valence-electron chi connectivity index (χ0n) is 11.0. The van der Waals surface area contributed by atoms with E-state index in [2.05, 4.69) is 33.6 Å². The maximum absolute atomic E-state index is 8.90. The van der Waals surface area contributed by atoms with Crippen LogP contribution in [0.2, 0.25) is 5.02 Å². The van der Waals surface area contributed by atoms with E-state index in [1.165, 1.54) is 0 Å². The molecule has 0 atom stereocenters. The zero-order chi connectivity index (χ0) is 14.4. The zero-order valence-corrected chi connectivity index (χ0v) is 11.8. The van der Waals surface area contributed by atoms with Crippen LogP contribution >= 0.6 is 11.6 Å². The van der Waals surface area contributed by atoms with Gasteiger partial charge in [0.15, 0.2) is 0 Å². The van der Waals surface area contributed by atoms with Gasteiger partial charge in [0, 0.05) is 12.7 Å². The van der Waals surface area contributed by atoms with E-state index in [-0.39, 0.29) is 0 Å². The second-order valence-electron chi connectivity index (χ2n) is 4.12. The smallest absolute Gasteiger partial charge is 0.224 e. The van der Waals surface area contributed by atoms with Crippen LogP contribution < -0.4 is 10.6 Å². The van der Waals surface area contributed by atoms with E-state index in [0.717, 1.165) is 13.0 Å². The number of benzene rings is 1. The molecule has 0 bridgehead atoms. The van der Waals surface area contributed by atoms with Crippen molar-refractivity contribution in [3.8, 4) is 6.07 Å². The minimum atomic E-state index is 0.533. The highest BCUT2D eigenvalue weighted by Crippen LogP contribution is 2.25. The summed E-state index contributed by atoms with van der Waals surface area (Å²) in [5.74, 6) is 1.18. The second-order valence-corrected chi connectivity index (χ2v) is 4.53. The normalized spacial score (nSPS) is 9.85. The summed E-state index contributed by atoms with van der Waals surface area (Å²) in [5.41, 5.74) is 1.18. The van der Waals surface area contributed by atoms with Crippen LogP contribution in [-0.4, -0.2) is 16.5 Å². The molecule has 1 heterocycles. The van der Waals surface area contributed by atoms with Crippen LogP contribution in [0.1, 0.15) is 18.9 Å². The van der Waals surface area contributed by atoms with Gasteiger partial charge in [-0.2, -0.15) is 10.2 Å². The Kier molecular flexibility index (Phi) is 4.75. The largest absolute Gasteiger partial charge is 0.354 e. The molecular weight excluding hydrogens is 274 g/mol. The molecule has 0 aliphatic carbocycles. The van der Waals surface area contributed by atoms with E-state index >= 15 is 0 Å². The minimum absolute atomic E-state index is 0.533. The Morgan fingerprint density at radius 2 is 2.20 bits per heavy atom. The first-order valence-corrected chi connectivity index (χ1v) is 6.64. The van der Waals surface area contributed by atoms with Gasteiger partial charge in [-0.1, -0.05) is 18.5 Å². The van der Waals surface area contributed by atoms with Gasteiger partial charge in [0.2, 0.25) is 5.95 Å². The number of rotatable bonds is 5. The third-order valence-corrected chi connectivity index (χ3v) is 2.88. The molecule has 20 heavy (non-hydrogen) atoms. The molecule has 0 amide bonds. The molecule has 5 nitrogen and oxygen atoms in total. The van der Waals surface area contributed by atoms with Crippen LogP contribution in [0, 0.1) is 11.3 Å². The minimum Gasteiger partial charge on any atom is -0.354 e. The third-order valence-electron chi connectivity index (χ3n) is 2.55. The summed E-state index contributed by atoms with van der Waals surface area (Å²) in [6.07, 6.45) is 2.66. The average Bonchev–Trinajstić information content (AvgIpc) is 2.48. The van der Waals surface area contributed by atoms with E-state index in [0.29, 0.717) is 28.0 Å². The fourth-order valence-corrected chi connectivity index (χ4v) is 1.74. The topological polar surface area (TPSA) is 73.6 Å². The third kappa shape index (κ3) is 3.59. The van der Waals surface area contributed by atoms with Crippen molar-refractivity contribution in [3.63, 3.8) is 0 Å². The van der Waals surface area contributed by atoms with E-state index in [4.69, 9.17) is 16.9 Å². The van der Waals surface area contributed by atoms with Crippen molar-refractivity contribution in [2.45, 2.75) is 13.3 Å². The van der Waals surface area contributed by atoms with E-state index < -0.39 is 0 Å². The van der Waals surface area contributed by atoms with Gasteiger partial charge in [0.25, 0.3) is 0 Å². The lowest BCUT2D eigenvalue weighted by atomic mass is 10.2. The Labute approximate surface area is 122 Å². The number of nitrogens with one attached hydrogen (secondary N) is 2. The van der Waals surface area contributed by atoms with Gasteiger partial charge < -0.3 is 10.6 Å². The highest BCUT2D eigenvalue weighted by Gasteiger charge is 2.04. The van der Waals surface area contributed by atoms with Crippen molar-refractivity contribution in [1.82, 2.24) is 9.97 Å². The standard InChI is InChI=1S/C14H14ClN5/c1-2-6-17-14-18-7-5-13(20-14)19-12-8-10(9-16)3-4-11(12)15/h3-5,7-8H,2,6H2,1H3,(H2,17,18,19,20). The fourth-order valence-electron chi connectivity index (χ4n) is 1.58. The summed E-state index contributed by atoms with van der Waals surface area (Å²) in [7, 11) is 0. The number of hydrogen-bond donors (Lipinski definition) is 2. The van der Waals surface area contributed by atoms with Crippen molar-refractivity contribution < 1.29 is 0 Å². The second kappa shape index (κ2) is 6.73. The number of anilines is 3. The molecule has 2 N–H and O–H groups in total. The summed E-state index contributed by atoms with van der Waals surface area (Å²) in [6.45, 7) is 2.89. The molecule has 1 aromatic carbocycles. The molecule has 0 radical (unpaired) electrons. The lowest BCUT2D eigenvalue weighted by Crippen LogP contribution is -2.05. The summed E-state index contributed by atoms with van der Waals surface area (Å²) >= 11 is 6.10. The Bertz CT molecular complexity index is 636. The summed E-state index contributed by atoms with van der Waals surface area (Å²) < 4.78 is 0. The molecule has 0 aliphatic heterocycles. The number of nitrogens with zero attached hydrogens (tertiary/aromatic N) is 3. The molecule has 0 aliphatic rings. The Balaban J connectivity index is 2.19. The first kappa shape index (κ1) is 14.1. The molecule has 0 unspecified atom stereocenters. The predicted octanol–water partition coefficient (Wildman–Crippen LogP) is 3.57. The first-order chi connectivity index (χ1) is 9.72. The van der Waals surface area contributed by atoms with Crippen molar-refractivity contribution in [1.29, 1.82) is 5.26 Å². The highest BCUT2D eigenvalue weighted by molar-refractivity contribution is 6.33. The van der Waals surface area contributed by atoms with Gasteiger partial charge in [-0.05, 0) is 30.7 Å². The molecule has 2 rings (SSSR count). The van der Waals surface area contributed by atoms with Crippen LogP contribution in [-0.2, 0) is 0 Å². The molecule has 0 fully saturated rings. The molecule has 2 aromatic rings. The number of aromatic nitrogens is 2. The molecule has 102 valence electrons. The Morgan fingerprint density at radius 1 is 1.35 bits per heavy atom. The SMILES string of the molecule is CCCNc1nccc(Nc2cc(C#N)ccc2Cl)n1. The quantitative estimate of drug-likeness (QED) is 0.879. The van der Waals surface area contributed by atoms with E-state index in [1.807, 2.05) is 0 Å². The number of nitriles is 1. The lowest BCUT2D eigenvalue weighted by Gasteiger charge is -2.09. The van der Waals surface area contributed by atoms with Crippen LogP contribution in [0.5, 0.6) is 0 Å². The predicted molar refractivity (Wildman–Crippen MR) is 80.3 cm³/mol. The molecule has 1 aromatic heterocycles. The maximum Gasteiger partial charge on any atom is 0.224 e. The van der Waals surface area contributed by atoms with Crippen molar-refractivity contribution >= 4 is 29.1 Å². The summed E-state index contributed by atoms with van der Waals surface area (Å²) in [6, 6.07) is 8.85. The van der Waals surface area contributed by atoms with E-state index in [1.54, 1.807) is 30.5 Å². The Morgan fingerprint density at radius 3 is 2.95 bits per heavy atom. The highest BCUT2D eigenvalue weighted by atomic mass is 35.5. The molecule has 0 saturated heterocycles. The van der Waals surface area contributed by atoms with Gasteiger partial charge in [0.05, 0.1) is 22.3 Å². The summed E-state index contributed by atoms with van der Waals surface area (Å²) in [4.78, 5) is 8.45. The molecule has 6 heteroatoms. The fraction of sp³-hybridized carbons (Fsp3) is 0.214. The number of hydrogen-bond acceptors (Lipinski definition) is 5. The van der Waals surface area contributed by atoms with Crippen molar-refractivity contribution in [2.24, 2.45) is 0 Å². The van der Waals surface area contributed by atoms with Crippen LogP contribution in [0.15, 0.2) is 30.5 Å². The maximum atomic E-state index is 8.90. The van der Waals surface area contributed by atoms with Gasteiger partial charge >= 0.3 is 0 Å². The summed E-state index contributed by atoms with van der Waals surface area (Å²) in [5, 5.41) is 15.6. The van der Waals surface area contributed by atoms with Crippen molar-refractivity contribution in [3.05, 3.63) is 41.0 Å². The van der Waals surface area contributed by atoms with Crippen LogP contribution in [0.3, 0.4) is 0 Å². The molecule has 0 saturated carbocycles. The first-order valence-electron chi connectivity index (χ1n) is 6.26. The molecule has 0 spiro atoms. The van der Waals surface area contributed by atoms with Crippen LogP contribution in [0.25, 0.3) is 0 Å². The lowest BCUT2D eigenvalue weighted by molar-refractivity contribution is 0.953. The van der Waals surface area contributed by atoms with Crippen molar-refractivity contribution in [2.75, 3.05) is 17.2 Å². The monoisotopic (exact) mass is 287 g/mol. The van der Waals surface area contributed by atoms with Gasteiger partial charge in [-0.25, -0.2) is 4.98 Å². The molecular formula is C14H14ClN5. The van der Waals surface area contributed by atoms with Crippen LogP contribution in [0.4, 0.5) is 17.5 Å². The van der Waals surface area contributed by atoms with E-state index in [9.17, 15) is 0 Å². The average molecular weight is 288 g/mol. The number of halogens is 1.